The second-order valence-corrected chi connectivity index (χ2v) is 3.49. The summed E-state index contributed by atoms with van der Waals surface area (Å²) >= 11 is 1.67. The summed E-state index contributed by atoms with van der Waals surface area (Å²) < 4.78 is 0. The number of thioether (sulfide) groups is 1. The Morgan fingerprint density at radius 2 is 2.40 bits per heavy atom. The first-order valence-corrected chi connectivity index (χ1v) is 4.38. The molecule has 1 aliphatic rings. The van der Waals surface area contributed by atoms with Gasteiger partial charge in [0.2, 0.25) is 5.91 Å². The maximum Gasteiger partial charge on any atom is 0.217 e. The fourth-order valence-corrected chi connectivity index (χ4v) is 2.11. The fourth-order valence-electron chi connectivity index (χ4n) is 0.942. The summed E-state index contributed by atoms with van der Waals surface area (Å²) in [5.41, 5.74) is 0. The van der Waals surface area contributed by atoms with E-state index >= 15 is 0 Å². The third-order valence-corrected chi connectivity index (χ3v) is 2.61. The molecule has 0 aromatic heterocycles. The number of carbonyl (C=O) groups excluding carboxylic acids is 1. The predicted molar refractivity (Wildman–Crippen MR) is 40.9 cm³/mol. The summed E-state index contributed by atoms with van der Waals surface area (Å²) in [5, 5.41) is 11.9. The highest BCUT2D eigenvalue weighted by Gasteiger charge is 2.25. The van der Waals surface area contributed by atoms with Gasteiger partial charge in [0, 0.05) is 18.4 Å². The molecule has 0 aliphatic carbocycles. The van der Waals surface area contributed by atoms with Gasteiger partial charge in [0.05, 0.1) is 12.1 Å². The third-order valence-electron chi connectivity index (χ3n) is 1.44. The Morgan fingerprint density at radius 3 is 2.80 bits per heavy atom. The van der Waals surface area contributed by atoms with Crippen LogP contribution in [0.15, 0.2) is 0 Å². The smallest absolute Gasteiger partial charge is 0.217 e. The van der Waals surface area contributed by atoms with Crippen LogP contribution in [0.5, 0.6) is 0 Å². The SMILES string of the molecule is CC(=O)NC1CSCC1O. The maximum absolute atomic E-state index is 10.5. The average molecular weight is 161 g/mol. The van der Waals surface area contributed by atoms with Gasteiger partial charge in [-0.15, -0.1) is 0 Å². The second-order valence-electron chi connectivity index (χ2n) is 2.41. The molecule has 1 heterocycles. The molecule has 2 unspecified atom stereocenters. The number of rotatable bonds is 1. The van der Waals surface area contributed by atoms with E-state index in [0.717, 1.165) is 11.5 Å². The van der Waals surface area contributed by atoms with E-state index in [1.54, 1.807) is 11.8 Å². The molecule has 0 radical (unpaired) electrons. The van der Waals surface area contributed by atoms with Gasteiger partial charge in [-0.3, -0.25) is 4.79 Å². The van der Waals surface area contributed by atoms with Gasteiger partial charge >= 0.3 is 0 Å². The molecule has 1 rings (SSSR count). The van der Waals surface area contributed by atoms with Crippen LogP contribution in [-0.4, -0.2) is 34.7 Å². The van der Waals surface area contributed by atoms with Crippen LogP contribution in [0.2, 0.25) is 0 Å². The zero-order valence-electron chi connectivity index (χ0n) is 5.83. The second kappa shape index (κ2) is 3.25. The topological polar surface area (TPSA) is 49.3 Å². The highest BCUT2D eigenvalue weighted by Crippen LogP contribution is 2.17. The Bertz CT molecular complexity index is 140. The van der Waals surface area contributed by atoms with E-state index in [4.69, 9.17) is 0 Å². The van der Waals surface area contributed by atoms with E-state index in [2.05, 4.69) is 5.32 Å². The molecule has 10 heavy (non-hydrogen) atoms. The molecule has 0 spiro atoms. The van der Waals surface area contributed by atoms with Crippen LogP contribution in [0.3, 0.4) is 0 Å². The van der Waals surface area contributed by atoms with Gasteiger partial charge < -0.3 is 10.4 Å². The molecule has 0 aromatic carbocycles. The number of carbonyl (C=O) groups is 1. The number of nitrogens with one attached hydrogen (secondary N) is 1. The first kappa shape index (κ1) is 7.88. The molecule has 1 saturated heterocycles. The normalized spacial score (nSPS) is 32.2. The Hall–Kier alpha value is -0.220. The summed E-state index contributed by atoms with van der Waals surface area (Å²) in [6.07, 6.45) is -0.353. The largest absolute Gasteiger partial charge is 0.390 e. The van der Waals surface area contributed by atoms with Crippen molar-refractivity contribution in [2.45, 2.75) is 19.1 Å². The van der Waals surface area contributed by atoms with E-state index in [-0.39, 0.29) is 18.1 Å². The van der Waals surface area contributed by atoms with Crippen molar-refractivity contribution >= 4 is 17.7 Å². The molecule has 0 bridgehead atoms. The summed E-state index contributed by atoms with van der Waals surface area (Å²) in [6.45, 7) is 1.47. The summed E-state index contributed by atoms with van der Waals surface area (Å²) in [5.74, 6) is 1.51. The minimum atomic E-state index is -0.353. The van der Waals surface area contributed by atoms with E-state index < -0.39 is 0 Å². The van der Waals surface area contributed by atoms with Crippen molar-refractivity contribution in [3.05, 3.63) is 0 Å². The Labute approximate surface area is 64.2 Å². The first-order chi connectivity index (χ1) is 4.70. The molecule has 2 N–H and O–H groups in total. The van der Waals surface area contributed by atoms with Crippen molar-refractivity contribution in [2.75, 3.05) is 11.5 Å². The lowest BCUT2D eigenvalue weighted by molar-refractivity contribution is -0.120. The lowest BCUT2D eigenvalue weighted by Crippen LogP contribution is -2.41. The Kier molecular flexibility index (Phi) is 2.56. The Morgan fingerprint density at radius 1 is 1.70 bits per heavy atom. The molecular formula is C6H11NO2S. The fraction of sp³-hybridized carbons (Fsp3) is 0.833. The predicted octanol–water partition coefficient (Wildman–Crippen LogP) is -0.401. The molecule has 58 valence electrons. The average Bonchev–Trinajstić information content (AvgIpc) is 2.15. The third kappa shape index (κ3) is 1.88. The van der Waals surface area contributed by atoms with Gasteiger partial charge in [-0.2, -0.15) is 11.8 Å². The minimum Gasteiger partial charge on any atom is -0.390 e. The van der Waals surface area contributed by atoms with E-state index in [1.807, 2.05) is 0 Å². The van der Waals surface area contributed by atoms with Crippen LogP contribution in [0.1, 0.15) is 6.92 Å². The zero-order chi connectivity index (χ0) is 7.56. The quantitative estimate of drug-likeness (QED) is 0.550. The molecule has 0 saturated carbocycles. The number of aliphatic hydroxyl groups excluding tert-OH is 1. The number of aliphatic hydroxyl groups is 1. The van der Waals surface area contributed by atoms with Gasteiger partial charge in [-0.05, 0) is 0 Å². The van der Waals surface area contributed by atoms with Crippen molar-refractivity contribution in [1.29, 1.82) is 0 Å². The van der Waals surface area contributed by atoms with Crippen molar-refractivity contribution < 1.29 is 9.90 Å². The van der Waals surface area contributed by atoms with Crippen molar-refractivity contribution in [2.24, 2.45) is 0 Å². The Balaban J connectivity index is 2.33. The summed E-state index contributed by atoms with van der Waals surface area (Å²) in [6, 6.07) is -0.0255. The molecule has 1 aliphatic heterocycles. The maximum atomic E-state index is 10.5. The molecular weight excluding hydrogens is 150 g/mol. The van der Waals surface area contributed by atoms with E-state index in [9.17, 15) is 9.90 Å². The van der Waals surface area contributed by atoms with Gasteiger partial charge in [0.15, 0.2) is 0 Å². The molecule has 3 nitrogen and oxygen atoms in total. The molecule has 4 heteroatoms. The highest BCUT2D eigenvalue weighted by atomic mass is 32.2. The van der Waals surface area contributed by atoms with Gasteiger partial charge in [-0.25, -0.2) is 0 Å². The van der Waals surface area contributed by atoms with Crippen LogP contribution in [0, 0.1) is 0 Å². The van der Waals surface area contributed by atoms with Crippen LogP contribution in [0.4, 0.5) is 0 Å². The summed E-state index contributed by atoms with van der Waals surface area (Å²) in [4.78, 5) is 10.5. The first-order valence-electron chi connectivity index (χ1n) is 3.23. The minimum absolute atomic E-state index is 0.0255. The highest BCUT2D eigenvalue weighted by molar-refractivity contribution is 7.99. The van der Waals surface area contributed by atoms with E-state index in [0.29, 0.717) is 0 Å². The molecule has 2 atom stereocenters. The number of amides is 1. The van der Waals surface area contributed by atoms with Crippen LogP contribution in [0.25, 0.3) is 0 Å². The zero-order valence-corrected chi connectivity index (χ0v) is 6.65. The number of hydrogen-bond donors (Lipinski definition) is 2. The van der Waals surface area contributed by atoms with Crippen molar-refractivity contribution in [3.8, 4) is 0 Å². The monoisotopic (exact) mass is 161 g/mol. The van der Waals surface area contributed by atoms with Crippen LogP contribution in [-0.2, 0) is 4.79 Å². The van der Waals surface area contributed by atoms with E-state index in [1.165, 1.54) is 6.92 Å². The van der Waals surface area contributed by atoms with Crippen LogP contribution < -0.4 is 5.32 Å². The molecule has 1 amide bonds. The lowest BCUT2D eigenvalue weighted by atomic mass is 10.2. The van der Waals surface area contributed by atoms with Gasteiger partial charge in [0.1, 0.15) is 0 Å². The van der Waals surface area contributed by atoms with Gasteiger partial charge in [-0.1, -0.05) is 0 Å². The number of hydrogen-bond acceptors (Lipinski definition) is 3. The van der Waals surface area contributed by atoms with Gasteiger partial charge in [0.25, 0.3) is 0 Å². The lowest BCUT2D eigenvalue weighted by Gasteiger charge is -2.13. The van der Waals surface area contributed by atoms with Crippen LogP contribution >= 0.6 is 11.8 Å². The van der Waals surface area contributed by atoms with Crippen molar-refractivity contribution in [3.63, 3.8) is 0 Å². The van der Waals surface area contributed by atoms with Crippen molar-refractivity contribution in [1.82, 2.24) is 5.32 Å². The standard InChI is InChI=1S/C6H11NO2S/c1-4(8)7-5-2-10-3-6(5)9/h5-6,9H,2-3H2,1H3,(H,7,8). The molecule has 0 aromatic rings. The molecule has 1 fully saturated rings. The summed E-state index contributed by atoms with van der Waals surface area (Å²) in [7, 11) is 0.